The molecule has 0 saturated carbocycles. The monoisotopic (exact) mass is 334 g/mol. The number of halogens is 3. The van der Waals surface area contributed by atoms with Gasteiger partial charge in [0.1, 0.15) is 17.2 Å². The van der Waals surface area contributed by atoms with Gasteiger partial charge in [0.05, 0.1) is 5.54 Å². The smallest absolute Gasteiger partial charge is 0.257 e. The number of carbonyl (C=O) groups excluding carboxylic acids is 1. The van der Waals surface area contributed by atoms with E-state index in [1.54, 1.807) is 0 Å². The summed E-state index contributed by atoms with van der Waals surface area (Å²) in [6.45, 7) is 3.95. The Labute approximate surface area is 119 Å². The summed E-state index contributed by atoms with van der Waals surface area (Å²) in [5.74, 6) is -2.58. The number of hydrogen-bond acceptors (Lipinski definition) is 2. The molecule has 0 radical (unpaired) electrons. The largest absolute Gasteiger partial charge is 0.345 e. The highest BCUT2D eigenvalue weighted by atomic mass is 79.9. The van der Waals surface area contributed by atoms with Crippen LogP contribution in [-0.4, -0.2) is 18.0 Å². The Morgan fingerprint density at radius 1 is 1.32 bits per heavy atom. The van der Waals surface area contributed by atoms with E-state index in [4.69, 9.17) is 5.73 Å². The van der Waals surface area contributed by atoms with Gasteiger partial charge in [-0.2, -0.15) is 0 Å². The minimum Gasteiger partial charge on any atom is -0.345 e. The van der Waals surface area contributed by atoms with Crippen LogP contribution in [-0.2, 0) is 0 Å². The topological polar surface area (TPSA) is 55.1 Å². The lowest BCUT2D eigenvalue weighted by Gasteiger charge is -2.31. The lowest BCUT2D eigenvalue weighted by molar-refractivity contribution is 0.0886. The van der Waals surface area contributed by atoms with Crippen molar-refractivity contribution in [2.75, 3.05) is 6.54 Å². The van der Waals surface area contributed by atoms with Crippen LogP contribution in [0.25, 0.3) is 0 Å². The molecule has 0 aliphatic rings. The Hall–Kier alpha value is -1.01. The average molecular weight is 335 g/mol. The van der Waals surface area contributed by atoms with E-state index in [2.05, 4.69) is 21.2 Å². The molecule has 1 aromatic rings. The van der Waals surface area contributed by atoms with Crippen LogP contribution in [0, 0.1) is 11.6 Å². The molecule has 0 aliphatic carbocycles. The molecule has 1 rings (SSSR count). The van der Waals surface area contributed by atoms with Gasteiger partial charge in [0.25, 0.3) is 5.91 Å². The molecular formula is C13H17BrF2N2O. The molecule has 0 aliphatic heterocycles. The Balaban J connectivity index is 3.08. The molecule has 0 atom stereocenters. The van der Waals surface area contributed by atoms with E-state index >= 15 is 0 Å². The summed E-state index contributed by atoms with van der Waals surface area (Å²) in [7, 11) is 0. The second-order valence-corrected chi connectivity index (χ2v) is 5.31. The zero-order valence-electron chi connectivity index (χ0n) is 10.9. The molecule has 0 saturated heterocycles. The minimum absolute atomic E-state index is 0.214. The van der Waals surface area contributed by atoms with Gasteiger partial charge in [-0.3, -0.25) is 4.79 Å². The Bertz CT molecular complexity index is 444. The fourth-order valence-corrected chi connectivity index (χ4v) is 2.23. The Kier molecular flexibility index (Phi) is 5.43. The first kappa shape index (κ1) is 16.0. The van der Waals surface area contributed by atoms with Gasteiger partial charge in [0, 0.05) is 11.0 Å². The summed E-state index contributed by atoms with van der Waals surface area (Å²) in [5.41, 5.74) is 4.43. The van der Waals surface area contributed by atoms with Crippen LogP contribution in [0.5, 0.6) is 0 Å². The SMILES string of the molecule is CCC(CC)(CN)NC(=O)c1c(F)cc(Br)cc1F. The summed E-state index contributed by atoms with van der Waals surface area (Å²) < 4.78 is 27.6. The van der Waals surface area contributed by atoms with Crippen molar-refractivity contribution in [3.05, 3.63) is 33.8 Å². The van der Waals surface area contributed by atoms with Gasteiger partial charge in [0.2, 0.25) is 0 Å². The third-order valence-electron chi connectivity index (χ3n) is 3.36. The Morgan fingerprint density at radius 3 is 2.16 bits per heavy atom. The van der Waals surface area contributed by atoms with Gasteiger partial charge >= 0.3 is 0 Å². The molecule has 0 heterocycles. The highest BCUT2D eigenvalue weighted by Gasteiger charge is 2.29. The van der Waals surface area contributed by atoms with E-state index in [1.165, 1.54) is 0 Å². The van der Waals surface area contributed by atoms with Gasteiger partial charge in [0.15, 0.2) is 0 Å². The summed E-state index contributed by atoms with van der Waals surface area (Å²) in [6.07, 6.45) is 1.18. The van der Waals surface area contributed by atoms with Crippen molar-refractivity contribution < 1.29 is 13.6 Å². The molecule has 0 spiro atoms. The zero-order chi connectivity index (χ0) is 14.6. The van der Waals surface area contributed by atoms with Crippen LogP contribution < -0.4 is 11.1 Å². The van der Waals surface area contributed by atoms with E-state index in [1.807, 2.05) is 13.8 Å². The third-order valence-corrected chi connectivity index (χ3v) is 3.81. The lowest BCUT2D eigenvalue weighted by atomic mass is 9.92. The first-order valence-electron chi connectivity index (χ1n) is 6.06. The van der Waals surface area contributed by atoms with E-state index in [0.717, 1.165) is 12.1 Å². The molecule has 0 bridgehead atoms. The summed E-state index contributed by atoms with van der Waals surface area (Å²) in [6, 6.07) is 2.11. The predicted molar refractivity (Wildman–Crippen MR) is 73.9 cm³/mol. The maximum Gasteiger partial charge on any atom is 0.257 e. The third kappa shape index (κ3) is 3.51. The first-order chi connectivity index (χ1) is 8.89. The fraction of sp³-hybridized carbons (Fsp3) is 0.462. The number of benzene rings is 1. The number of amides is 1. The number of hydrogen-bond donors (Lipinski definition) is 2. The molecule has 0 aromatic heterocycles. The van der Waals surface area contributed by atoms with Crippen molar-refractivity contribution in [3.8, 4) is 0 Å². The molecule has 1 aromatic carbocycles. The highest BCUT2D eigenvalue weighted by molar-refractivity contribution is 9.10. The standard InChI is InChI=1S/C13H17BrF2N2O/c1-3-13(4-2,7-17)18-12(19)11-9(15)5-8(14)6-10(11)16/h5-6H,3-4,7,17H2,1-2H3,(H,18,19). The van der Waals surface area contributed by atoms with Crippen LogP contribution in [0.15, 0.2) is 16.6 Å². The molecule has 1 amide bonds. The molecule has 106 valence electrons. The zero-order valence-corrected chi connectivity index (χ0v) is 12.5. The van der Waals surface area contributed by atoms with Crippen LogP contribution >= 0.6 is 15.9 Å². The summed E-state index contributed by atoms with van der Waals surface area (Å²) in [4.78, 5) is 12.0. The van der Waals surface area contributed by atoms with Gasteiger partial charge in [-0.25, -0.2) is 8.78 Å². The van der Waals surface area contributed by atoms with Crippen LogP contribution in [0.3, 0.4) is 0 Å². The normalized spacial score (nSPS) is 11.5. The number of rotatable bonds is 5. The van der Waals surface area contributed by atoms with Crippen LogP contribution in [0.2, 0.25) is 0 Å². The van der Waals surface area contributed by atoms with Crippen LogP contribution in [0.1, 0.15) is 37.0 Å². The minimum atomic E-state index is -0.900. The van der Waals surface area contributed by atoms with E-state index in [0.29, 0.717) is 12.8 Å². The van der Waals surface area contributed by atoms with Crippen molar-refractivity contribution in [1.29, 1.82) is 0 Å². The van der Waals surface area contributed by atoms with Crippen molar-refractivity contribution in [1.82, 2.24) is 5.32 Å². The maximum atomic E-state index is 13.7. The van der Waals surface area contributed by atoms with Crippen molar-refractivity contribution in [2.24, 2.45) is 5.73 Å². The van der Waals surface area contributed by atoms with E-state index < -0.39 is 28.6 Å². The van der Waals surface area contributed by atoms with Crippen molar-refractivity contribution in [3.63, 3.8) is 0 Å². The molecule has 0 unspecified atom stereocenters. The van der Waals surface area contributed by atoms with Gasteiger partial charge in [-0.1, -0.05) is 29.8 Å². The molecule has 3 nitrogen and oxygen atoms in total. The highest BCUT2D eigenvalue weighted by Crippen LogP contribution is 2.21. The van der Waals surface area contributed by atoms with Crippen molar-refractivity contribution in [2.45, 2.75) is 32.2 Å². The summed E-state index contributed by atoms with van der Waals surface area (Å²) in [5, 5.41) is 2.64. The van der Waals surface area contributed by atoms with Crippen molar-refractivity contribution >= 4 is 21.8 Å². The van der Waals surface area contributed by atoms with Crippen LogP contribution in [0.4, 0.5) is 8.78 Å². The van der Waals surface area contributed by atoms with Gasteiger partial charge < -0.3 is 11.1 Å². The second kappa shape index (κ2) is 6.43. The first-order valence-corrected chi connectivity index (χ1v) is 6.85. The number of carbonyl (C=O) groups is 1. The molecule has 3 N–H and O–H groups in total. The summed E-state index contributed by atoms with van der Waals surface area (Å²) >= 11 is 2.97. The van der Waals surface area contributed by atoms with E-state index in [9.17, 15) is 13.6 Å². The molecular weight excluding hydrogens is 318 g/mol. The average Bonchev–Trinajstić information content (AvgIpc) is 2.35. The predicted octanol–water partition coefficient (Wildman–Crippen LogP) is 2.97. The van der Waals surface area contributed by atoms with E-state index in [-0.39, 0.29) is 11.0 Å². The fourth-order valence-electron chi connectivity index (χ4n) is 1.83. The van der Waals surface area contributed by atoms with Gasteiger partial charge in [-0.15, -0.1) is 0 Å². The molecule has 6 heteroatoms. The lowest BCUT2D eigenvalue weighted by Crippen LogP contribution is -2.53. The second-order valence-electron chi connectivity index (χ2n) is 4.39. The number of nitrogens with one attached hydrogen (secondary N) is 1. The molecule has 0 fully saturated rings. The maximum absolute atomic E-state index is 13.7. The number of nitrogens with two attached hydrogens (primary N) is 1. The Morgan fingerprint density at radius 2 is 1.79 bits per heavy atom. The molecule has 19 heavy (non-hydrogen) atoms. The van der Waals surface area contributed by atoms with Gasteiger partial charge in [-0.05, 0) is 25.0 Å². The quantitative estimate of drug-likeness (QED) is 0.869.